The third-order valence-electron chi connectivity index (χ3n) is 1.40. The molecule has 0 aromatic carbocycles. The molecular weight excluding hydrogens is 240 g/mol. The second kappa shape index (κ2) is 3.93. The molecule has 0 aromatic heterocycles. The molecule has 0 unspecified atom stereocenters. The van der Waals surface area contributed by atoms with Crippen molar-refractivity contribution in [2.45, 2.75) is 31.1 Å². The van der Waals surface area contributed by atoms with Crippen LogP contribution in [0.1, 0.15) is 12.8 Å². The summed E-state index contributed by atoms with van der Waals surface area (Å²) >= 11 is 0. The molecule has 9 heteroatoms. The SMILES string of the molecule is O=C(CCC(F)(F)C(F)(F)F)C(F)(F)F. The van der Waals surface area contributed by atoms with Crippen molar-refractivity contribution in [1.29, 1.82) is 0 Å². The van der Waals surface area contributed by atoms with Gasteiger partial charge in [-0.3, -0.25) is 4.79 Å². The standard InChI is InChI=1S/C6H4F8O/c7-4(8,6(12,13)14)2-1-3(15)5(9,10)11/h1-2H2. The first-order valence-corrected chi connectivity index (χ1v) is 3.42. The van der Waals surface area contributed by atoms with Gasteiger partial charge in [0.1, 0.15) is 0 Å². The largest absolute Gasteiger partial charge is 0.453 e. The number of carbonyl (C=O) groups is 1. The lowest BCUT2D eigenvalue weighted by Gasteiger charge is -2.19. The number of hydrogen-bond acceptors (Lipinski definition) is 1. The summed E-state index contributed by atoms with van der Waals surface area (Å²) in [6.45, 7) is 0. The van der Waals surface area contributed by atoms with E-state index in [1.165, 1.54) is 0 Å². The maximum atomic E-state index is 12.0. The van der Waals surface area contributed by atoms with E-state index in [4.69, 9.17) is 0 Å². The predicted octanol–water partition coefficient (Wildman–Crippen LogP) is 3.10. The monoisotopic (exact) mass is 244 g/mol. The van der Waals surface area contributed by atoms with E-state index >= 15 is 0 Å². The number of alkyl halides is 8. The van der Waals surface area contributed by atoms with Gasteiger partial charge in [0.25, 0.3) is 0 Å². The van der Waals surface area contributed by atoms with Crippen molar-refractivity contribution in [1.82, 2.24) is 0 Å². The lowest BCUT2D eigenvalue weighted by molar-refractivity contribution is -0.284. The topological polar surface area (TPSA) is 17.1 Å². The number of Topliss-reactive ketones (excluding diaryl/α,β-unsaturated/α-hetero) is 1. The van der Waals surface area contributed by atoms with E-state index in [0.717, 1.165) is 0 Å². The van der Waals surface area contributed by atoms with Crippen LogP contribution < -0.4 is 0 Å². The van der Waals surface area contributed by atoms with Gasteiger partial charge in [-0.1, -0.05) is 0 Å². The van der Waals surface area contributed by atoms with E-state index in [-0.39, 0.29) is 0 Å². The smallest absolute Gasteiger partial charge is 0.290 e. The summed E-state index contributed by atoms with van der Waals surface area (Å²) in [5, 5.41) is 0. The molecule has 0 aliphatic heterocycles. The molecule has 0 radical (unpaired) electrons. The first-order valence-electron chi connectivity index (χ1n) is 3.42. The molecule has 0 saturated heterocycles. The van der Waals surface area contributed by atoms with Gasteiger partial charge >= 0.3 is 18.3 Å². The summed E-state index contributed by atoms with van der Waals surface area (Å²) < 4.78 is 92.7. The van der Waals surface area contributed by atoms with Crippen LogP contribution in [0.3, 0.4) is 0 Å². The van der Waals surface area contributed by atoms with E-state index < -0.39 is 36.9 Å². The molecule has 1 nitrogen and oxygen atoms in total. The summed E-state index contributed by atoms with van der Waals surface area (Å²) in [6, 6.07) is 0. The fraction of sp³-hybridized carbons (Fsp3) is 0.833. The van der Waals surface area contributed by atoms with Crippen LogP contribution in [0.4, 0.5) is 35.1 Å². The Kier molecular flexibility index (Phi) is 3.70. The second-order valence-electron chi connectivity index (χ2n) is 2.62. The molecule has 0 aliphatic carbocycles. The molecule has 0 heterocycles. The average Bonchev–Trinajstić information content (AvgIpc) is 1.96. The summed E-state index contributed by atoms with van der Waals surface area (Å²) in [6.07, 6.45) is -15.4. The van der Waals surface area contributed by atoms with Crippen LogP contribution in [0.2, 0.25) is 0 Å². The van der Waals surface area contributed by atoms with Crippen molar-refractivity contribution in [3.63, 3.8) is 0 Å². The van der Waals surface area contributed by atoms with Crippen molar-refractivity contribution < 1.29 is 39.9 Å². The van der Waals surface area contributed by atoms with E-state index in [9.17, 15) is 39.9 Å². The highest BCUT2D eigenvalue weighted by Crippen LogP contribution is 2.39. The quantitative estimate of drug-likeness (QED) is 0.697. The maximum Gasteiger partial charge on any atom is 0.453 e. The van der Waals surface area contributed by atoms with Crippen molar-refractivity contribution >= 4 is 5.78 Å². The lowest BCUT2D eigenvalue weighted by Crippen LogP contribution is -2.37. The van der Waals surface area contributed by atoms with E-state index in [2.05, 4.69) is 0 Å². The molecule has 0 aromatic rings. The third-order valence-corrected chi connectivity index (χ3v) is 1.40. The predicted molar refractivity (Wildman–Crippen MR) is 31.3 cm³/mol. The molecular formula is C6H4F8O. The molecule has 0 atom stereocenters. The maximum absolute atomic E-state index is 12.0. The summed E-state index contributed by atoms with van der Waals surface area (Å²) in [5.41, 5.74) is 0. The van der Waals surface area contributed by atoms with Crippen LogP contribution in [-0.2, 0) is 4.79 Å². The summed E-state index contributed by atoms with van der Waals surface area (Å²) in [7, 11) is 0. The van der Waals surface area contributed by atoms with Crippen molar-refractivity contribution in [3.8, 4) is 0 Å². The zero-order chi connectivity index (χ0) is 12.5. The van der Waals surface area contributed by atoms with E-state index in [1.807, 2.05) is 0 Å². The van der Waals surface area contributed by atoms with Crippen LogP contribution in [0.15, 0.2) is 0 Å². The third kappa shape index (κ3) is 4.00. The van der Waals surface area contributed by atoms with Gasteiger partial charge in [-0.15, -0.1) is 0 Å². The van der Waals surface area contributed by atoms with Gasteiger partial charge in [-0.25, -0.2) is 0 Å². The molecule has 90 valence electrons. The molecule has 15 heavy (non-hydrogen) atoms. The first-order chi connectivity index (χ1) is 6.38. The molecule has 0 bridgehead atoms. The highest BCUT2D eigenvalue weighted by molar-refractivity contribution is 5.83. The fourth-order valence-electron chi connectivity index (χ4n) is 0.554. The minimum Gasteiger partial charge on any atom is -0.290 e. The normalized spacial score (nSPS) is 14.1. The Morgan fingerprint density at radius 2 is 1.27 bits per heavy atom. The minimum atomic E-state index is -5.95. The summed E-state index contributed by atoms with van der Waals surface area (Å²) in [5.74, 6) is -7.89. The van der Waals surface area contributed by atoms with Crippen LogP contribution in [0, 0.1) is 0 Å². The van der Waals surface area contributed by atoms with Crippen LogP contribution in [0.5, 0.6) is 0 Å². The Labute approximate surface area is 78.0 Å². The van der Waals surface area contributed by atoms with Crippen molar-refractivity contribution in [3.05, 3.63) is 0 Å². The molecule has 0 aliphatic rings. The molecule has 0 N–H and O–H groups in total. The lowest BCUT2D eigenvalue weighted by atomic mass is 10.1. The second-order valence-corrected chi connectivity index (χ2v) is 2.62. The first kappa shape index (κ1) is 14.1. The van der Waals surface area contributed by atoms with Crippen molar-refractivity contribution in [2.75, 3.05) is 0 Å². The highest BCUT2D eigenvalue weighted by atomic mass is 19.4. The zero-order valence-electron chi connectivity index (χ0n) is 6.85. The van der Waals surface area contributed by atoms with Gasteiger partial charge in [0.05, 0.1) is 0 Å². The van der Waals surface area contributed by atoms with Gasteiger partial charge in [0.2, 0.25) is 5.78 Å². The molecule has 0 spiro atoms. The Morgan fingerprint density at radius 1 is 0.867 bits per heavy atom. The van der Waals surface area contributed by atoms with Gasteiger partial charge in [-0.2, -0.15) is 35.1 Å². The Hall–Kier alpha value is -0.890. The van der Waals surface area contributed by atoms with Crippen LogP contribution in [-0.4, -0.2) is 24.1 Å². The fourth-order valence-corrected chi connectivity index (χ4v) is 0.554. The van der Waals surface area contributed by atoms with E-state index in [0.29, 0.717) is 0 Å². The highest BCUT2D eigenvalue weighted by Gasteiger charge is 2.57. The Balaban J connectivity index is 4.36. The Bertz CT molecular complexity index is 236. The molecule has 0 fully saturated rings. The molecule has 0 amide bonds. The minimum absolute atomic E-state index is 1.89. The number of hydrogen-bond donors (Lipinski definition) is 0. The number of carbonyl (C=O) groups excluding carboxylic acids is 1. The molecule has 0 saturated carbocycles. The Morgan fingerprint density at radius 3 is 1.53 bits per heavy atom. The average molecular weight is 244 g/mol. The number of rotatable bonds is 3. The van der Waals surface area contributed by atoms with Gasteiger partial charge < -0.3 is 0 Å². The van der Waals surface area contributed by atoms with Gasteiger partial charge in [0.15, 0.2) is 0 Å². The van der Waals surface area contributed by atoms with Crippen LogP contribution in [0.25, 0.3) is 0 Å². The van der Waals surface area contributed by atoms with E-state index in [1.54, 1.807) is 0 Å². The van der Waals surface area contributed by atoms with Crippen LogP contribution >= 0.6 is 0 Å². The molecule has 0 rings (SSSR count). The number of halogens is 8. The number of ketones is 1. The summed E-state index contributed by atoms with van der Waals surface area (Å²) in [4.78, 5) is 10.0. The van der Waals surface area contributed by atoms with Gasteiger partial charge in [-0.05, 0) is 0 Å². The van der Waals surface area contributed by atoms with Gasteiger partial charge in [0, 0.05) is 12.8 Å². The van der Waals surface area contributed by atoms with Crippen molar-refractivity contribution in [2.24, 2.45) is 0 Å². The zero-order valence-corrected chi connectivity index (χ0v) is 6.85.